The molecule has 1 saturated carbocycles. The first-order valence-electron chi connectivity index (χ1n) is 9.30. The van der Waals surface area contributed by atoms with Gasteiger partial charge in [0, 0.05) is 18.2 Å². The number of allylic oxidation sites excluding steroid dienone is 2. The lowest BCUT2D eigenvalue weighted by Gasteiger charge is -2.18. The molecule has 0 spiro atoms. The van der Waals surface area contributed by atoms with Crippen LogP contribution in [0.3, 0.4) is 0 Å². The van der Waals surface area contributed by atoms with E-state index in [9.17, 15) is 9.59 Å². The first-order valence-corrected chi connectivity index (χ1v) is 9.30. The number of carbonyl (C=O) groups is 1. The van der Waals surface area contributed by atoms with Gasteiger partial charge in [0.2, 0.25) is 5.91 Å². The van der Waals surface area contributed by atoms with Crippen LogP contribution in [0.25, 0.3) is 11.3 Å². The van der Waals surface area contributed by atoms with Crippen molar-refractivity contribution >= 4 is 5.91 Å². The number of benzene rings is 1. The summed E-state index contributed by atoms with van der Waals surface area (Å²) in [4.78, 5) is 24.4. The van der Waals surface area contributed by atoms with Gasteiger partial charge in [0.05, 0.1) is 12.8 Å². The third kappa shape index (κ3) is 3.79. The second kappa shape index (κ2) is 7.39. The molecule has 4 rings (SSSR count). The van der Waals surface area contributed by atoms with Crippen molar-refractivity contribution in [2.45, 2.75) is 19.4 Å². The molecular formula is C21H23N3O3. The van der Waals surface area contributed by atoms with E-state index < -0.39 is 0 Å². The number of carbonyl (C=O) groups excluding carboxylic acids is 1. The molecule has 3 atom stereocenters. The Morgan fingerprint density at radius 3 is 2.67 bits per heavy atom. The molecule has 0 saturated heterocycles. The Bertz CT molecular complexity index is 917. The zero-order valence-corrected chi connectivity index (χ0v) is 15.3. The maximum absolute atomic E-state index is 12.3. The van der Waals surface area contributed by atoms with Gasteiger partial charge in [-0.1, -0.05) is 12.2 Å². The van der Waals surface area contributed by atoms with Crippen LogP contribution in [-0.4, -0.2) is 29.3 Å². The van der Waals surface area contributed by atoms with Crippen LogP contribution in [0.1, 0.15) is 12.8 Å². The number of hydrogen-bond donors (Lipinski definition) is 1. The van der Waals surface area contributed by atoms with Crippen molar-refractivity contribution in [3.05, 3.63) is 58.9 Å². The van der Waals surface area contributed by atoms with Crippen LogP contribution in [-0.2, 0) is 11.3 Å². The molecule has 1 heterocycles. The topological polar surface area (TPSA) is 73.2 Å². The van der Waals surface area contributed by atoms with Crippen molar-refractivity contribution in [2.75, 3.05) is 13.7 Å². The van der Waals surface area contributed by atoms with Crippen LogP contribution >= 0.6 is 0 Å². The summed E-state index contributed by atoms with van der Waals surface area (Å²) >= 11 is 0. The van der Waals surface area contributed by atoms with Crippen LogP contribution in [0.4, 0.5) is 0 Å². The number of fused-ring (bicyclic) bond motifs is 2. The molecule has 0 aliphatic heterocycles. The molecule has 1 aromatic carbocycles. The van der Waals surface area contributed by atoms with Gasteiger partial charge in [-0.3, -0.25) is 9.59 Å². The predicted octanol–water partition coefficient (Wildman–Crippen LogP) is 2.25. The summed E-state index contributed by atoms with van der Waals surface area (Å²) < 4.78 is 6.37. The summed E-state index contributed by atoms with van der Waals surface area (Å²) in [6, 6.07) is 10.5. The lowest BCUT2D eigenvalue weighted by molar-refractivity contribution is -0.122. The number of nitrogens with zero attached hydrogens (tertiary/aromatic N) is 2. The molecule has 1 aromatic heterocycles. The molecule has 2 aromatic rings. The van der Waals surface area contributed by atoms with Crippen molar-refractivity contribution in [1.82, 2.24) is 15.1 Å². The molecule has 6 nitrogen and oxygen atoms in total. The summed E-state index contributed by atoms with van der Waals surface area (Å²) in [7, 11) is 1.61. The molecule has 1 fully saturated rings. The Kier molecular flexibility index (Phi) is 4.79. The summed E-state index contributed by atoms with van der Waals surface area (Å²) in [5.74, 6) is 2.36. The molecule has 0 unspecified atom stereocenters. The lowest BCUT2D eigenvalue weighted by Crippen LogP contribution is -2.36. The average Bonchev–Trinajstić information content (AvgIpc) is 3.31. The second-order valence-corrected chi connectivity index (χ2v) is 7.29. The largest absolute Gasteiger partial charge is 0.497 e. The van der Waals surface area contributed by atoms with Crippen molar-refractivity contribution in [2.24, 2.45) is 17.8 Å². The Labute approximate surface area is 157 Å². The quantitative estimate of drug-likeness (QED) is 0.797. The van der Waals surface area contributed by atoms with Crippen molar-refractivity contribution in [3.63, 3.8) is 0 Å². The number of ether oxygens (including phenoxy) is 1. The fraction of sp³-hybridized carbons (Fsp3) is 0.381. The van der Waals surface area contributed by atoms with E-state index >= 15 is 0 Å². The Morgan fingerprint density at radius 2 is 2.00 bits per heavy atom. The zero-order valence-electron chi connectivity index (χ0n) is 15.3. The minimum atomic E-state index is -0.287. The Balaban J connectivity index is 1.41. The summed E-state index contributed by atoms with van der Waals surface area (Å²) in [6.45, 7) is 0.594. The van der Waals surface area contributed by atoms with Crippen LogP contribution in [0, 0.1) is 17.8 Å². The van der Waals surface area contributed by atoms with E-state index in [0.29, 0.717) is 30.0 Å². The zero-order chi connectivity index (χ0) is 18.8. The average molecular weight is 365 g/mol. The highest BCUT2D eigenvalue weighted by Gasteiger charge is 2.35. The number of amides is 1. The van der Waals surface area contributed by atoms with Crippen LogP contribution in [0.15, 0.2) is 53.3 Å². The summed E-state index contributed by atoms with van der Waals surface area (Å²) in [6.07, 6.45) is 6.92. The molecular weight excluding hydrogens is 342 g/mol. The van der Waals surface area contributed by atoms with E-state index in [1.165, 1.54) is 17.2 Å². The molecule has 1 N–H and O–H groups in total. The molecule has 0 radical (unpaired) electrons. The van der Waals surface area contributed by atoms with E-state index in [-0.39, 0.29) is 18.0 Å². The third-order valence-corrected chi connectivity index (χ3v) is 5.52. The first-order chi connectivity index (χ1) is 13.1. The molecule has 1 amide bonds. The van der Waals surface area contributed by atoms with E-state index in [1.54, 1.807) is 13.2 Å². The minimum Gasteiger partial charge on any atom is -0.497 e. The van der Waals surface area contributed by atoms with Gasteiger partial charge < -0.3 is 10.1 Å². The van der Waals surface area contributed by atoms with Gasteiger partial charge in [-0.05, 0) is 60.9 Å². The monoisotopic (exact) mass is 365 g/mol. The van der Waals surface area contributed by atoms with Crippen molar-refractivity contribution in [1.29, 1.82) is 0 Å². The van der Waals surface area contributed by atoms with Gasteiger partial charge >= 0.3 is 0 Å². The molecule has 2 aliphatic carbocycles. The second-order valence-electron chi connectivity index (χ2n) is 7.29. The molecule has 2 bridgehead atoms. The van der Waals surface area contributed by atoms with E-state index in [2.05, 4.69) is 22.6 Å². The van der Waals surface area contributed by atoms with E-state index in [0.717, 1.165) is 17.7 Å². The van der Waals surface area contributed by atoms with Crippen LogP contribution in [0.5, 0.6) is 5.75 Å². The summed E-state index contributed by atoms with van der Waals surface area (Å²) in [5.41, 5.74) is 1.22. The van der Waals surface area contributed by atoms with Crippen molar-refractivity contribution in [3.8, 4) is 17.0 Å². The van der Waals surface area contributed by atoms with E-state index in [1.807, 2.05) is 24.3 Å². The molecule has 6 heteroatoms. The smallest absolute Gasteiger partial charge is 0.267 e. The SMILES string of the molecule is COc1ccc(-c2ccc(=O)n(CC(=O)NC[C@H]3C[C@@H]4C=C[C@@H]3C4)n2)cc1. The van der Waals surface area contributed by atoms with Crippen molar-refractivity contribution < 1.29 is 9.53 Å². The Morgan fingerprint density at radius 1 is 1.19 bits per heavy atom. The number of rotatable bonds is 6. The maximum Gasteiger partial charge on any atom is 0.267 e. The highest BCUT2D eigenvalue weighted by molar-refractivity contribution is 5.75. The van der Waals surface area contributed by atoms with Gasteiger partial charge in [0.15, 0.2) is 0 Å². The predicted molar refractivity (Wildman–Crippen MR) is 102 cm³/mol. The normalized spacial score (nSPS) is 22.8. The maximum atomic E-state index is 12.3. The lowest BCUT2D eigenvalue weighted by atomic mass is 9.94. The number of aromatic nitrogens is 2. The van der Waals surface area contributed by atoms with Gasteiger partial charge in [0.1, 0.15) is 12.3 Å². The molecule has 140 valence electrons. The fourth-order valence-electron chi connectivity index (χ4n) is 4.04. The van der Waals surface area contributed by atoms with Gasteiger partial charge in [-0.25, -0.2) is 4.68 Å². The Hall–Kier alpha value is -2.89. The van der Waals surface area contributed by atoms with Gasteiger partial charge in [-0.15, -0.1) is 0 Å². The molecule has 27 heavy (non-hydrogen) atoms. The van der Waals surface area contributed by atoms with Gasteiger partial charge in [0.25, 0.3) is 5.56 Å². The fourth-order valence-corrected chi connectivity index (χ4v) is 4.04. The number of methoxy groups -OCH3 is 1. The summed E-state index contributed by atoms with van der Waals surface area (Å²) in [5, 5.41) is 7.32. The van der Waals surface area contributed by atoms with Crippen LogP contribution < -0.4 is 15.6 Å². The van der Waals surface area contributed by atoms with E-state index in [4.69, 9.17) is 4.74 Å². The number of hydrogen-bond acceptors (Lipinski definition) is 4. The number of nitrogens with one attached hydrogen (secondary N) is 1. The highest BCUT2D eigenvalue weighted by atomic mass is 16.5. The highest BCUT2D eigenvalue weighted by Crippen LogP contribution is 2.42. The van der Waals surface area contributed by atoms with Gasteiger partial charge in [-0.2, -0.15) is 5.10 Å². The van der Waals surface area contributed by atoms with Crippen LogP contribution in [0.2, 0.25) is 0 Å². The molecule has 2 aliphatic rings. The third-order valence-electron chi connectivity index (χ3n) is 5.52. The first kappa shape index (κ1) is 17.5. The standard InChI is InChI=1S/C21H23N3O3/c1-27-18-6-4-15(5-7-18)19-8-9-21(26)24(23-19)13-20(25)22-12-17-11-14-2-3-16(17)10-14/h2-9,14,16-17H,10-13H2,1H3,(H,22,25)/t14-,16-,17-/m1/s1. The minimum absolute atomic E-state index is 0.0700.